The fourth-order valence-corrected chi connectivity index (χ4v) is 1.37. The SMILES string of the molecule is CCCc1nc(NC)cc(NCC(O)C(F)(F)F)n1. The topological polar surface area (TPSA) is 70.1 Å². The van der Waals surface area contributed by atoms with Gasteiger partial charge in [-0.05, 0) is 6.42 Å². The predicted octanol–water partition coefficient (Wildman–Crippen LogP) is 1.81. The van der Waals surface area contributed by atoms with E-state index in [9.17, 15) is 13.2 Å². The number of halogens is 3. The maximum absolute atomic E-state index is 12.2. The standard InChI is InChI=1S/C11H17F3N4O/c1-3-4-8-17-9(15-2)5-10(18-8)16-6-7(19)11(12,13)14/h5,7,19H,3-4,6H2,1-2H3,(H2,15,16,17,18). The van der Waals surface area contributed by atoms with E-state index in [1.807, 2.05) is 6.92 Å². The van der Waals surface area contributed by atoms with Gasteiger partial charge in [0.25, 0.3) is 0 Å². The first-order chi connectivity index (χ1) is 8.86. The lowest BCUT2D eigenvalue weighted by molar-refractivity contribution is -0.198. The van der Waals surface area contributed by atoms with Crippen LogP contribution in [0.2, 0.25) is 0 Å². The van der Waals surface area contributed by atoms with Crippen molar-refractivity contribution in [3.63, 3.8) is 0 Å². The summed E-state index contributed by atoms with van der Waals surface area (Å²) in [6.45, 7) is 1.31. The van der Waals surface area contributed by atoms with Crippen molar-refractivity contribution in [2.75, 3.05) is 24.2 Å². The van der Waals surface area contributed by atoms with Crippen LogP contribution >= 0.6 is 0 Å². The summed E-state index contributed by atoms with van der Waals surface area (Å²) in [4.78, 5) is 8.25. The molecule has 1 rings (SSSR count). The summed E-state index contributed by atoms with van der Waals surface area (Å²) in [7, 11) is 1.66. The number of anilines is 2. The minimum Gasteiger partial charge on any atom is -0.382 e. The monoisotopic (exact) mass is 278 g/mol. The van der Waals surface area contributed by atoms with E-state index >= 15 is 0 Å². The maximum Gasteiger partial charge on any atom is 0.416 e. The molecular weight excluding hydrogens is 261 g/mol. The maximum atomic E-state index is 12.2. The fourth-order valence-electron chi connectivity index (χ4n) is 1.37. The number of aryl methyl sites for hydroxylation is 1. The van der Waals surface area contributed by atoms with Crippen LogP contribution in [0.3, 0.4) is 0 Å². The second kappa shape index (κ2) is 6.55. The Kier molecular flexibility index (Phi) is 5.34. The van der Waals surface area contributed by atoms with Crippen LogP contribution in [0.25, 0.3) is 0 Å². The van der Waals surface area contributed by atoms with Gasteiger partial charge in [-0.1, -0.05) is 6.92 Å². The molecule has 3 N–H and O–H groups in total. The van der Waals surface area contributed by atoms with E-state index in [2.05, 4.69) is 20.6 Å². The van der Waals surface area contributed by atoms with Gasteiger partial charge in [0.05, 0.1) is 6.54 Å². The van der Waals surface area contributed by atoms with Crippen molar-refractivity contribution in [3.8, 4) is 0 Å². The Hall–Kier alpha value is -1.57. The van der Waals surface area contributed by atoms with Gasteiger partial charge in [0.2, 0.25) is 0 Å². The van der Waals surface area contributed by atoms with E-state index in [0.717, 1.165) is 6.42 Å². The summed E-state index contributed by atoms with van der Waals surface area (Å²) < 4.78 is 36.5. The highest BCUT2D eigenvalue weighted by Gasteiger charge is 2.37. The van der Waals surface area contributed by atoms with Crippen molar-refractivity contribution in [1.29, 1.82) is 0 Å². The Morgan fingerprint density at radius 3 is 2.47 bits per heavy atom. The van der Waals surface area contributed by atoms with Crippen molar-refractivity contribution in [3.05, 3.63) is 11.9 Å². The molecule has 0 aromatic carbocycles. The number of hydrogen-bond donors (Lipinski definition) is 3. The molecule has 5 nitrogen and oxygen atoms in total. The van der Waals surface area contributed by atoms with Crippen LogP contribution in [0, 0.1) is 0 Å². The highest BCUT2D eigenvalue weighted by Crippen LogP contribution is 2.20. The molecule has 0 saturated heterocycles. The molecule has 0 bridgehead atoms. The quantitative estimate of drug-likeness (QED) is 0.740. The summed E-state index contributed by atoms with van der Waals surface area (Å²) in [6, 6.07) is 1.49. The number of alkyl halides is 3. The Labute approximate surface area is 109 Å². The third-order valence-corrected chi connectivity index (χ3v) is 2.36. The minimum atomic E-state index is -4.64. The highest BCUT2D eigenvalue weighted by atomic mass is 19.4. The van der Waals surface area contributed by atoms with Crippen molar-refractivity contribution >= 4 is 11.6 Å². The fraction of sp³-hybridized carbons (Fsp3) is 0.636. The Bertz CT molecular complexity index is 411. The lowest BCUT2D eigenvalue weighted by Gasteiger charge is -2.16. The summed E-state index contributed by atoms with van der Waals surface area (Å²) in [6.07, 6.45) is -5.60. The Balaban J connectivity index is 2.74. The third kappa shape index (κ3) is 4.90. The molecule has 0 aliphatic carbocycles. The molecule has 0 spiro atoms. The first-order valence-corrected chi connectivity index (χ1v) is 5.91. The number of hydrogen-bond acceptors (Lipinski definition) is 5. The zero-order valence-corrected chi connectivity index (χ0v) is 10.8. The molecule has 0 saturated carbocycles. The number of aromatic nitrogens is 2. The van der Waals surface area contributed by atoms with E-state index in [4.69, 9.17) is 5.11 Å². The number of aliphatic hydroxyl groups excluding tert-OH is 1. The Morgan fingerprint density at radius 2 is 1.95 bits per heavy atom. The number of aliphatic hydroxyl groups is 1. The van der Waals surface area contributed by atoms with E-state index in [1.165, 1.54) is 6.07 Å². The van der Waals surface area contributed by atoms with E-state index in [1.54, 1.807) is 7.05 Å². The molecule has 0 fully saturated rings. The second-order valence-corrected chi connectivity index (χ2v) is 3.99. The zero-order valence-electron chi connectivity index (χ0n) is 10.8. The van der Waals surface area contributed by atoms with Gasteiger partial charge in [0.1, 0.15) is 17.5 Å². The number of nitrogens with zero attached hydrogens (tertiary/aromatic N) is 2. The van der Waals surface area contributed by atoms with Gasteiger partial charge in [-0.15, -0.1) is 0 Å². The average Bonchev–Trinajstić information content (AvgIpc) is 2.34. The van der Waals surface area contributed by atoms with Crippen molar-refractivity contribution < 1.29 is 18.3 Å². The van der Waals surface area contributed by atoms with Crippen molar-refractivity contribution in [2.45, 2.75) is 32.0 Å². The molecule has 1 unspecified atom stereocenters. The zero-order chi connectivity index (χ0) is 14.5. The van der Waals surface area contributed by atoms with Crippen LogP contribution in [0.15, 0.2) is 6.07 Å². The van der Waals surface area contributed by atoms with Crippen LogP contribution in [0.5, 0.6) is 0 Å². The van der Waals surface area contributed by atoms with E-state index < -0.39 is 18.8 Å². The van der Waals surface area contributed by atoms with Crippen molar-refractivity contribution in [2.24, 2.45) is 0 Å². The molecular formula is C11H17F3N4O. The molecule has 108 valence electrons. The molecule has 1 aromatic heterocycles. The van der Waals surface area contributed by atoms with Gasteiger partial charge in [-0.25, -0.2) is 9.97 Å². The van der Waals surface area contributed by atoms with Gasteiger partial charge >= 0.3 is 6.18 Å². The van der Waals surface area contributed by atoms with Gasteiger partial charge in [-0.2, -0.15) is 13.2 Å². The molecule has 19 heavy (non-hydrogen) atoms. The number of nitrogens with one attached hydrogen (secondary N) is 2. The normalized spacial score (nSPS) is 13.2. The second-order valence-electron chi connectivity index (χ2n) is 3.99. The van der Waals surface area contributed by atoms with Gasteiger partial charge < -0.3 is 15.7 Å². The molecule has 0 amide bonds. The minimum absolute atomic E-state index is 0.256. The summed E-state index contributed by atoms with van der Waals surface area (Å²) in [5.41, 5.74) is 0. The van der Waals surface area contributed by atoms with Crippen LogP contribution in [-0.2, 0) is 6.42 Å². The van der Waals surface area contributed by atoms with Gasteiger partial charge in [0.15, 0.2) is 6.10 Å². The molecule has 1 heterocycles. The lowest BCUT2D eigenvalue weighted by atomic mass is 10.3. The molecule has 0 aliphatic heterocycles. The third-order valence-electron chi connectivity index (χ3n) is 2.36. The first-order valence-electron chi connectivity index (χ1n) is 5.91. The average molecular weight is 278 g/mol. The Morgan fingerprint density at radius 1 is 1.32 bits per heavy atom. The predicted molar refractivity (Wildman–Crippen MR) is 66.1 cm³/mol. The smallest absolute Gasteiger partial charge is 0.382 e. The van der Waals surface area contributed by atoms with Crippen LogP contribution < -0.4 is 10.6 Å². The van der Waals surface area contributed by atoms with E-state index in [0.29, 0.717) is 18.1 Å². The summed E-state index contributed by atoms with van der Waals surface area (Å²) in [5.74, 6) is 1.31. The van der Waals surface area contributed by atoms with Crippen LogP contribution in [0.1, 0.15) is 19.2 Å². The van der Waals surface area contributed by atoms with Gasteiger partial charge in [0, 0.05) is 19.5 Å². The molecule has 8 heteroatoms. The highest BCUT2D eigenvalue weighted by molar-refractivity contribution is 5.47. The lowest BCUT2D eigenvalue weighted by Crippen LogP contribution is -2.35. The van der Waals surface area contributed by atoms with Crippen LogP contribution in [0.4, 0.5) is 24.8 Å². The molecule has 0 aliphatic rings. The van der Waals surface area contributed by atoms with Gasteiger partial charge in [-0.3, -0.25) is 0 Å². The van der Waals surface area contributed by atoms with Crippen molar-refractivity contribution in [1.82, 2.24) is 9.97 Å². The van der Waals surface area contributed by atoms with Crippen LogP contribution in [-0.4, -0.2) is 40.9 Å². The number of rotatable bonds is 6. The summed E-state index contributed by atoms with van der Waals surface area (Å²) in [5, 5.41) is 14.2. The molecule has 1 atom stereocenters. The summed E-state index contributed by atoms with van der Waals surface area (Å²) >= 11 is 0. The molecule has 0 radical (unpaired) electrons. The first kappa shape index (κ1) is 15.5. The largest absolute Gasteiger partial charge is 0.416 e. The molecule has 1 aromatic rings. The van der Waals surface area contributed by atoms with E-state index in [-0.39, 0.29) is 5.82 Å².